The van der Waals surface area contributed by atoms with Gasteiger partial charge in [-0.05, 0) is 48.9 Å². The number of hydrogen-bond acceptors (Lipinski definition) is 2. The van der Waals surface area contributed by atoms with E-state index in [4.69, 9.17) is 0 Å². The highest BCUT2D eigenvalue weighted by Gasteiger charge is 2.05. The highest BCUT2D eigenvalue weighted by Crippen LogP contribution is 2.09. The average Bonchev–Trinajstić information content (AvgIpc) is 3.17. The van der Waals surface area contributed by atoms with Crippen LogP contribution in [0, 0.1) is 0 Å². The van der Waals surface area contributed by atoms with Crippen molar-refractivity contribution in [2.24, 2.45) is 0 Å². The van der Waals surface area contributed by atoms with Crippen LogP contribution in [-0.2, 0) is 17.6 Å². The molecule has 0 atom stereocenters. The van der Waals surface area contributed by atoms with E-state index in [2.05, 4.69) is 34.7 Å². The number of para-hydroxylation sites is 1. The van der Waals surface area contributed by atoms with Crippen molar-refractivity contribution in [3.8, 4) is 5.69 Å². The lowest BCUT2D eigenvalue weighted by atomic mass is 10.1. The Labute approximate surface area is 154 Å². The third kappa shape index (κ3) is 5.59. The summed E-state index contributed by atoms with van der Waals surface area (Å²) in [7, 11) is 0. The molecule has 0 bridgehead atoms. The van der Waals surface area contributed by atoms with Gasteiger partial charge in [-0.15, -0.1) is 0 Å². The zero-order valence-corrected chi connectivity index (χ0v) is 15.0. The molecule has 0 unspecified atom stereocenters. The van der Waals surface area contributed by atoms with E-state index in [9.17, 15) is 4.79 Å². The van der Waals surface area contributed by atoms with Crippen LogP contribution in [0.25, 0.3) is 5.69 Å². The molecule has 0 aliphatic carbocycles. The van der Waals surface area contributed by atoms with Gasteiger partial charge in [0.25, 0.3) is 0 Å². The molecule has 1 N–H and O–H groups in total. The van der Waals surface area contributed by atoms with Crippen molar-refractivity contribution in [2.45, 2.75) is 32.1 Å². The van der Waals surface area contributed by atoms with Crippen molar-refractivity contribution in [2.75, 3.05) is 6.54 Å². The number of aromatic nitrogens is 2. The van der Waals surface area contributed by atoms with Gasteiger partial charge in [0.05, 0.1) is 11.9 Å². The van der Waals surface area contributed by atoms with Crippen LogP contribution in [0.15, 0.2) is 73.1 Å². The molecule has 0 aliphatic heterocycles. The first kappa shape index (κ1) is 17.9. The monoisotopic (exact) mass is 347 g/mol. The highest BCUT2D eigenvalue weighted by atomic mass is 16.1. The predicted octanol–water partition coefficient (Wildman–Crippen LogP) is 3.94. The van der Waals surface area contributed by atoms with Gasteiger partial charge in [-0.3, -0.25) is 4.79 Å². The van der Waals surface area contributed by atoms with E-state index < -0.39 is 0 Å². The van der Waals surface area contributed by atoms with E-state index in [1.807, 2.05) is 53.5 Å². The minimum absolute atomic E-state index is 0.108. The molecule has 3 aromatic rings. The number of nitrogens with zero attached hydrogens (tertiary/aromatic N) is 2. The van der Waals surface area contributed by atoms with Gasteiger partial charge in [-0.2, -0.15) is 5.10 Å². The first-order chi connectivity index (χ1) is 12.8. The molecule has 4 heteroatoms. The van der Waals surface area contributed by atoms with Gasteiger partial charge in [0.15, 0.2) is 0 Å². The third-order valence-electron chi connectivity index (χ3n) is 4.35. The number of aryl methyl sites for hydroxylation is 2. The van der Waals surface area contributed by atoms with Crippen LogP contribution < -0.4 is 5.32 Å². The van der Waals surface area contributed by atoms with Crippen LogP contribution in [0.1, 0.15) is 30.4 Å². The molecule has 0 aliphatic rings. The fourth-order valence-corrected chi connectivity index (χ4v) is 2.88. The summed E-state index contributed by atoms with van der Waals surface area (Å²) in [4.78, 5) is 12.0. The molecule has 0 spiro atoms. The van der Waals surface area contributed by atoms with Crippen LogP contribution in [0.3, 0.4) is 0 Å². The van der Waals surface area contributed by atoms with Crippen LogP contribution >= 0.6 is 0 Å². The predicted molar refractivity (Wildman–Crippen MR) is 104 cm³/mol. The summed E-state index contributed by atoms with van der Waals surface area (Å²) in [6.45, 7) is 0.745. The van der Waals surface area contributed by atoms with E-state index in [0.717, 1.165) is 37.1 Å². The standard InChI is InChI=1S/C22H25N3O/c26-22(23-16-8-7-11-19-9-3-1-4-10-19)15-14-20-17-24-25(18-20)21-12-5-2-6-13-21/h1-6,9-10,12-13,17-18H,7-8,11,14-16H2,(H,23,26). The smallest absolute Gasteiger partial charge is 0.220 e. The van der Waals surface area contributed by atoms with E-state index in [-0.39, 0.29) is 5.91 Å². The maximum atomic E-state index is 12.0. The minimum atomic E-state index is 0.108. The summed E-state index contributed by atoms with van der Waals surface area (Å²) in [6, 6.07) is 20.4. The topological polar surface area (TPSA) is 46.9 Å². The molecular formula is C22H25N3O. The Morgan fingerprint density at radius 3 is 2.38 bits per heavy atom. The quantitative estimate of drug-likeness (QED) is 0.596. The maximum absolute atomic E-state index is 12.0. The molecule has 1 amide bonds. The lowest BCUT2D eigenvalue weighted by Crippen LogP contribution is -2.24. The summed E-state index contributed by atoms with van der Waals surface area (Å²) < 4.78 is 1.84. The minimum Gasteiger partial charge on any atom is -0.356 e. The Hall–Kier alpha value is -2.88. The zero-order chi connectivity index (χ0) is 18.0. The third-order valence-corrected chi connectivity index (χ3v) is 4.35. The fourth-order valence-electron chi connectivity index (χ4n) is 2.88. The number of carbonyl (C=O) groups is 1. The van der Waals surface area contributed by atoms with Crippen molar-refractivity contribution in [3.63, 3.8) is 0 Å². The average molecular weight is 347 g/mol. The first-order valence-corrected chi connectivity index (χ1v) is 9.21. The molecular weight excluding hydrogens is 322 g/mol. The SMILES string of the molecule is O=C(CCc1cnn(-c2ccccc2)c1)NCCCCc1ccccc1. The normalized spacial score (nSPS) is 10.6. The van der Waals surface area contributed by atoms with Gasteiger partial charge in [0.2, 0.25) is 5.91 Å². The Morgan fingerprint density at radius 1 is 0.885 bits per heavy atom. The molecule has 0 saturated heterocycles. The Bertz CT molecular complexity index is 797. The summed E-state index contributed by atoms with van der Waals surface area (Å²) >= 11 is 0. The zero-order valence-electron chi connectivity index (χ0n) is 15.0. The molecule has 0 fully saturated rings. The summed E-state index contributed by atoms with van der Waals surface area (Å²) in [5, 5.41) is 7.38. The Kier molecular flexibility index (Phi) is 6.59. The number of nitrogens with one attached hydrogen (secondary N) is 1. The van der Waals surface area contributed by atoms with Crippen molar-refractivity contribution < 1.29 is 4.79 Å². The van der Waals surface area contributed by atoms with E-state index in [1.54, 1.807) is 0 Å². The van der Waals surface area contributed by atoms with Gasteiger partial charge in [0.1, 0.15) is 0 Å². The molecule has 2 aromatic carbocycles. The van der Waals surface area contributed by atoms with Crippen molar-refractivity contribution >= 4 is 5.91 Å². The van der Waals surface area contributed by atoms with Crippen molar-refractivity contribution in [1.29, 1.82) is 0 Å². The van der Waals surface area contributed by atoms with Crippen LogP contribution in [0.5, 0.6) is 0 Å². The van der Waals surface area contributed by atoms with Crippen LogP contribution in [0.4, 0.5) is 0 Å². The van der Waals surface area contributed by atoms with Gasteiger partial charge >= 0.3 is 0 Å². The molecule has 4 nitrogen and oxygen atoms in total. The van der Waals surface area contributed by atoms with E-state index in [0.29, 0.717) is 12.8 Å². The lowest BCUT2D eigenvalue weighted by molar-refractivity contribution is -0.121. The molecule has 0 saturated carbocycles. The van der Waals surface area contributed by atoms with Crippen LogP contribution in [0.2, 0.25) is 0 Å². The number of hydrogen-bond donors (Lipinski definition) is 1. The molecule has 134 valence electrons. The van der Waals surface area contributed by atoms with Gasteiger partial charge < -0.3 is 5.32 Å². The van der Waals surface area contributed by atoms with E-state index in [1.165, 1.54) is 5.56 Å². The summed E-state index contributed by atoms with van der Waals surface area (Å²) in [5.41, 5.74) is 3.46. The fraction of sp³-hybridized carbons (Fsp3) is 0.273. The Morgan fingerprint density at radius 2 is 1.62 bits per heavy atom. The molecule has 0 radical (unpaired) electrons. The maximum Gasteiger partial charge on any atom is 0.220 e. The number of carbonyl (C=O) groups excluding carboxylic acids is 1. The second-order valence-electron chi connectivity index (χ2n) is 6.42. The van der Waals surface area contributed by atoms with Crippen LogP contribution in [-0.4, -0.2) is 22.2 Å². The second kappa shape index (κ2) is 9.56. The van der Waals surface area contributed by atoms with Gasteiger partial charge in [-0.1, -0.05) is 48.5 Å². The largest absolute Gasteiger partial charge is 0.356 e. The number of rotatable bonds is 9. The number of benzene rings is 2. The number of unbranched alkanes of at least 4 members (excludes halogenated alkanes) is 1. The summed E-state index contributed by atoms with van der Waals surface area (Å²) in [6.07, 6.45) is 8.19. The van der Waals surface area contributed by atoms with Crippen molar-refractivity contribution in [1.82, 2.24) is 15.1 Å². The first-order valence-electron chi connectivity index (χ1n) is 9.21. The van der Waals surface area contributed by atoms with Gasteiger partial charge in [-0.25, -0.2) is 4.68 Å². The molecule has 26 heavy (non-hydrogen) atoms. The second-order valence-corrected chi connectivity index (χ2v) is 6.42. The molecule has 3 rings (SSSR count). The highest BCUT2D eigenvalue weighted by molar-refractivity contribution is 5.76. The molecule has 1 heterocycles. The lowest BCUT2D eigenvalue weighted by Gasteiger charge is -2.05. The van der Waals surface area contributed by atoms with Crippen molar-refractivity contribution in [3.05, 3.63) is 84.2 Å². The summed E-state index contributed by atoms with van der Waals surface area (Å²) in [5.74, 6) is 0.108. The Balaban J connectivity index is 1.32. The van der Waals surface area contributed by atoms with Gasteiger partial charge in [0, 0.05) is 19.2 Å². The van der Waals surface area contributed by atoms with E-state index >= 15 is 0 Å². The number of amides is 1. The molecule has 1 aromatic heterocycles.